The van der Waals surface area contributed by atoms with Gasteiger partial charge in [-0.2, -0.15) is 0 Å². The summed E-state index contributed by atoms with van der Waals surface area (Å²) in [6, 6.07) is 0.585. The van der Waals surface area contributed by atoms with Crippen molar-refractivity contribution in [3.8, 4) is 0 Å². The molecular weight excluding hydrogens is 322 g/mol. The Labute approximate surface area is 159 Å². The van der Waals surface area contributed by atoms with Crippen LogP contribution in [0, 0.1) is 34.5 Å². The van der Waals surface area contributed by atoms with Gasteiger partial charge in [-0.05, 0) is 112 Å². The highest BCUT2D eigenvalue weighted by Crippen LogP contribution is 2.66. The molecule has 5 rings (SSSR count). The number of hydrogen-bond acceptors (Lipinski definition) is 3. The Morgan fingerprint density at radius 2 is 1.62 bits per heavy atom. The third kappa shape index (κ3) is 2.35. The number of hydrogen-bond donors (Lipinski definition) is 2. The predicted octanol–water partition coefficient (Wildman–Crippen LogP) is 3.83. The molecule has 5 fully saturated rings. The normalized spacial score (nSPS) is 57.5. The minimum atomic E-state index is -0.0858. The molecule has 4 aliphatic carbocycles. The zero-order valence-electron chi connectivity index (χ0n) is 16.9. The average Bonchev–Trinajstić information content (AvgIpc) is 3.24. The molecular formula is C23H39NO2. The second-order valence-corrected chi connectivity index (χ2v) is 11.0. The highest BCUT2D eigenvalue weighted by molar-refractivity contribution is 5.13. The molecule has 148 valence electrons. The van der Waals surface area contributed by atoms with E-state index >= 15 is 0 Å². The molecule has 9 atom stereocenters. The molecule has 26 heavy (non-hydrogen) atoms. The summed E-state index contributed by atoms with van der Waals surface area (Å²) in [5.74, 6) is 3.06. The van der Waals surface area contributed by atoms with Crippen molar-refractivity contribution in [1.29, 1.82) is 0 Å². The standard InChI is InChI=1S/C23H39NO2/c1-22-10-9-19-17(18(22)7-8-21(22)26)6-5-15-13-16(25)14-20(23(15,19)2)24-11-3-4-12-24/h15-21,25-26H,3-14H2,1-2H3/t15?,16?,17-,18-,19-,20?,21?,22-,23-/m0/s1. The van der Waals surface area contributed by atoms with E-state index in [9.17, 15) is 10.2 Å². The molecule has 3 nitrogen and oxygen atoms in total. The fraction of sp³-hybridized carbons (Fsp3) is 1.00. The van der Waals surface area contributed by atoms with Gasteiger partial charge in [-0.25, -0.2) is 0 Å². The summed E-state index contributed by atoms with van der Waals surface area (Å²) in [5, 5.41) is 21.3. The maximum Gasteiger partial charge on any atom is 0.0596 e. The van der Waals surface area contributed by atoms with Crippen molar-refractivity contribution in [3.05, 3.63) is 0 Å². The van der Waals surface area contributed by atoms with E-state index in [4.69, 9.17) is 0 Å². The Hall–Kier alpha value is -0.120. The molecule has 0 aromatic rings. The highest BCUT2D eigenvalue weighted by Gasteiger charge is 2.62. The quantitative estimate of drug-likeness (QED) is 0.746. The Kier molecular flexibility index (Phi) is 4.27. The maximum absolute atomic E-state index is 10.7. The summed E-state index contributed by atoms with van der Waals surface area (Å²) >= 11 is 0. The molecule has 5 aliphatic rings. The monoisotopic (exact) mass is 361 g/mol. The van der Waals surface area contributed by atoms with Gasteiger partial charge in [0.25, 0.3) is 0 Å². The highest BCUT2D eigenvalue weighted by atomic mass is 16.3. The fourth-order valence-corrected chi connectivity index (χ4v) is 8.87. The first-order valence-corrected chi connectivity index (χ1v) is 11.5. The number of fused-ring (bicyclic) bond motifs is 5. The lowest BCUT2D eigenvalue weighted by Gasteiger charge is -2.64. The van der Waals surface area contributed by atoms with Crippen molar-refractivity contribution in [2.45, 2.75) is 96.3 Å². The molecule has 2 N–H and O–H groups in total. The van der Waals surface area contributed by atoms with Crippen LogP contribution < -0.4 is 0 Å². The molecule has 0 radical (unpaired) electrons. The lowest BCUT2D eigenvalue weighted by Crippen LogP contribution is -2.63. The third-order valence-electron chi connectivity index (χ3n) is 10.3. The molecule has 0 bridgehead atoms. The van der Waals surface area contributed by atoms with Gasteiger partial charge < -0.3 is 10.2 Å². The second-order valence-electron chi connectivity index (χ2n) is 11.0. The van der Waals surface area contributed by atoms with Gasteiger partial charge >= 0.3 is 0 Å². The van der Waals surface area contributed by atoms with Crippen molar-refractivity contribution in [3.63, 3.8) is 0 Å². The molecule has 0 aromatic carbocycles. The van der Waals surface area contributed by atoms with Crippen LogP contribution in [0.3, 0.4) is 0 Å². The van der Waals surface area contributed by atoms with Crippen molar-refractivity contribution in [1.82, 2.24) is 4.90 Å². The van der Waals surface area contributed by atoms with Gasteiger partial charge in [-0.3, -0.25) is 4.90 Å². The summed E-state index contributed by atoms with van der Waals surface area (Å²) < 4.78 is 0. The average molecular weight is 362 g/mol. The van der Waals surface area contributed by atoms with Gasteiger partial charge in [0.05, 0.1) is 12.2 Å². The van der Waals surface area contributed by atoms with E-state index < -0.39 is 0 Å². The van der Waals surface area contributed by atoms with E-state index in [1.165, 1.54) is 58.0 Å². The van der Waals surface area contributed by atoms with Crippen LogP contribution in [0.25, 0.3) is 0 Å². The predicted molar refractivity (Wildman–Crippen MR) is 104 cm³/mol. The third-order valence-corrected chi connectivity index (χ3v) is 10.3. The fourth-order valence-electron chi connectivity index (χ4n) is 8.87. The first-order chi connectivity index (χ1) is 12.4. The minimum Gasteiger partial charge on any atom is -0.393 e. The first kappa shape index (κ1) is 17.9. The second kappa shape index (κ2) is 6.19. The van der Waals surface area contributed by atoms with Crippen LogP contribution in [0.15, 0.2) is 0 Å². The Bertz CT molecular complexity index is 546. The lowest BCUT2D eigenvalue weighted by molar-refractivity contribution is -0.165. The molecule has 3 heteroatoms. The summed E-state index contributed by atoms with van der Waals surface area (Å²) in [6.07, 6.45) is 12.0. The molecule has 4 saturated carbocycles. The van der Waals surface area contributed by atoms with Crippen molar-refractivity contribution in [2.24, 2.45) is 34.5 Å². The smallest absolute Gasteiger partial charge is 0.0596 e. The van der Waals surface area contributed by atoms with Gasteiger partial charge in [0.1, 0.15) is 0 Å². The number of rotatable bonds is 1. The van der Waals surface area contributed by atoms with Gasteiger partial charge in [-0.15, -0.1) is 0 Å². The maximum atomic E-state index is 10.7. The summed E-state index contributed by atoms with van der Waals surface area (Å²) in [7, 11) is 0. The van der Waals surface area contributed by atoms with Crippen LogP contribution in [-0.4, -0.2) is 46.5 Å². The van der Waals surface area contributed by atoms with Crippen LogP contribution in [-0.2, 0) is 0 Å². The molecule has 1 heterocycles. The van der Waals surface area contributed by atoms with E-state index in [0.29, 0.717) is 17.4 Å². The largest absolute Gasteiger partial charge is 0.393 e. The van der Waals surface area contributed by atoms with Crippen LogP contribution in [0.5, 0.6) is 0 Å². The molecule has 0 amide bonds. The van der Waals surface area contributed by atoms with Crippen molar-refractivity contribution >= 4 is 0 Å². The van der Waals surface area contributed by atoms with Crippen LogP contribution in [0.1, 0.15) is 78.1 Å². The number of aliphatic hydroxyl groups is 2. The van der Waals surface area contributed by atoms with E-state index in [-0.39, 0.29) is 17.6 Å². The van der Waals surface area contributed by atoms with Crippen molar-refractivity contribution in [2.75, 3.05) is 13.1 Å². The number of aliphatic hydroxyl groups excluding tert-OH is 2. The number of nitrogens with zero attached hydrogens (tertiary/aromatic N) is 1. The summed E-state index contributed by atoms with van der Waals surface area (Å²) in [5.41, 5.74) is 0.559. The molecule has 0 aromatic heterocycles. The van der Waals surface area contributed by atoms with Gasteiger partial charge in [0, 0.05) is 6.04 Å². The Morgan fingerprint density at radius 1 is 0.846 bits per heavy atom. The molecule has 1 aliphatic heterocycles. The lowest BCUT2D eigenvalue weighted by atomic mass is 9.43. The van der Waals surface area contributed by atoms with Crippen LogP contribution in [0.4, 0.5) is 0 Å². The molecule has 0 spiro atoms. The summed E-state index contributed by atoms with van der Waals surface area (Å²) in [6.45, 7) is 7.51. The van der Waals surface area contributed by atoms with Gasteiger partial charge in [0.15, 0.2) is 0 Å². The van der Waals surface area contributed by atoms with Gasteiger partial charge in [-0.1, -0.05) is 13.8 Å². The topological polar surface area (TPSA) is 43.7 Å². The zero-order chi connectivity index (χ0) is 18.1. The SMILES string of the molecule is C[C@]12C(CC[C@@H]3[C@@H]1CC[C@]1(C)C(O)CC[C@@H]31)CC(O)CC2N1CCCC1. The van der Waals surface area contributed by atoms with E-state index in [1.54, 1.807) is 0 Å². The van der Waals surface area contributed by atoms with E-state index in [1.807, 2.05) is 0 Å². The van der Waals surface area contributed by atoms with Gasteiger partial charge in [0.2, 0.25) is 0 Å². The van der Waals surface area contributed by atoms with Crippen LogP contribution in [0.2, 0.25) is 0 Å². The van der Waals surface area contributed by atoms with Crippen LogP contribution >= 0.6 is 0 Å². The Morgan fingerprint density at radius 3 is 2.38 bits per heavy atom. The number of likely N-dealkylation sites (tertiary alicyclic amines) is 1. The molecule has 4 unspecified atom stereocenters. The van der Waals surface area contributed by atoms with Crippen molar-refractivity contribution < 1.29 is 10.2 Å². The Balaban J connectivity index is 1.49. The zero-order valence-corrected chi connectivity index (χ0v) is 16.9. The van der Waals surface area contributed by atoms with E-state index in [2.05, 4.69) is 18.7 Å². The first-order valence-electron chi connectivity index (χ1n) is 11.5. The minimum absolute atomic E-state index is 0.0680. The molecule has 1 saturated heterocycles. The summed E-state index contributed by atoms with van der Waals surface area (Å²) in [4.78, 5) is 2.76. The van der Waals surface area contributed by atoms with E-state index in [0.717, 1.165) is 37.0 Å².